The first kappa shape index (κ1) is 28.4. The maximum Gasteiger partial charge on any atom is 0.407 e. The summed E-state index contributed by atoms with van der Waals surface area (Å²) in [6.07, 6.45) is 2.57. The van der Waals surface area contributed by atoms with Crippen LogP contribution in [0.15, 0.2) is 120 Å². The number of nitrogens with one attached hydrogen (secondary N) is 1. The minimum absolute atomic E-state index is 0.257. The number of nitrogens with zero attached hydrogens (tertiary/aromatic N) is 4. The molecule has 9 nitrogen and oxygen atoms in total. The van der Waals surface area contributed by atoms with E-state index in [-0.39, 0.29) is 12.5 Å². The van der Waals surface area contributed by atoms with Crippen LogP contribution in [0, 0.1) is 0 Å². The molecule has 44 heavy (non-hydrogen) atoms. The van der Waals surface area contributed by atoms with Gasteiger partial charge in [0.25, 0.3) is 5.91 Å². The number of ether oxygens (including phenoxy) is 1. The molecular formula is C35H31N5O4. The van der Waals surface area contributed by atoms with Crippen LogP contribution in [-0.4, -0.2) is 27.6 Å². The molecule has 0 spiro atoms. The summed E-state index contributed by atoms with van der Waals surface area (Å²) in [4.78, 5) is 35.3. The molecule has 0 bridgehead atoms. The van der Waals surface area contributed by atoms with Crippen LogP contribution >= 0.6 is 0 Å². The molecule has 0 unspecified atom stereocenters. The number of para-hydroxylation sites is 3. The quantitative estimate of drug-likeness (QED) is 0.191. The first-order chi connectivity index (χ1) is 21.3. The summed E-state index contributed by atoms with van der Waals surface area (Å²) in [6, 6.07) is 31.9. The molecule has 0 saturated carbocycles. The van der Waals surface area contributed by atoms with Crippen LogP contribution in [0.25, 0.3) is 21.9 Å². The zero-order valence-electron chi connectivity index (χ0n) is 24.6. The number of rotatable bonds is 7. The van der Waals surface area contributed by atoms with Crippen molar-refractivity contribution in [2.75, 3.05) is 10.0 Å². The van der Waals surface area contributed by atoms with Gasteiger partial charge in [0.1, 0.15) is 23.2 Å². The third-order valence-corrected chi connectivity index (χ3v) is 6.82. The molecule has 2 amide bonds. The minimum Gasteiger partial charge on any atom is -0.454 e. The van der Waals surface area contributed by atoms with E-state index in [1.807, 2.05) is 106 Å². The third kappa shape index (κ3) is 5.94. The highest BCUT2D eigenvalue weighted by atomic mass is 16.6. The fraction of sp³-hybridized carbons (Fsp3) is 0.143. The van der Waals surface area contributed by atoms with E-state index in [2.05, 4.69) is 15.3 Å². The van der Waals surface area contributed by atoms with E-state index < -0.39 is 11.7 Å². The Labute approximate surface area is 254 Å². The van der Waals surface area contributed by atoms with Gasteiger partial charge in [-0.2, -0.15) is 0 Å². The Morgan fingerprint density at radius 3 is 2.30 bits per heavy atom. The van der Waals surface area contributed by atoms with Crippen molar-refractivity contribution in [1.82, 2.24) is 15.3 Å². The van der Waals surface area contributed by atoms with Crippen molar-refractivity contribution in [2.24, 2.45) is 0 Å². The molecule has 4 aromatic carbocycles. The fourth-order valence-electron chi connectivity index (χ4n) is 4.91. The Morgan fingerprint density at radius 2 is 1.57 bits per heavy atom. The van der Waals surface area contributed by atoms with Crippen LogP contribution in [0.2, 0.25) is 0 Å². The molecule has 1 N–H and O–H groups in total. The number of furan rings is 1. The monoisotopic (exact) mass is 585 g/mol. The number of hydrogen-bond acceptors (Lipinski definition) is 7. The topological polar surface area (TPSA) is 101 Å². The van der Waals surface area contributed by atoms with Crippen molar-refractivity contribution < 1.29 is 18.7 Å². The molecule has 6 aromatic rings. The number of hydrogen-bond donors (Lipinski definition) is 1. The minimum atomic E-state index is -0.594. The number of alkyl carbamates (subject to hydrolysis) is 1. The smallest absolute Gasteiger partial charge is 0.407 e. The van der Waals surface area contributed by atoms with Gasteiger partial charge in [-0.25, -0.2) is 24.8 Å². The van der Waals surface area contributed by atoms with Gasteiger partial charge in [0.15, 0.2) is 11.4 Å². The molecule has 6 rings (SSSR count). The average Bonchev–Trinajstić information content (AvgIpc) is 3.42. The summed E-state index contributed by atoms with van der Waals surface area (Å²) in [6.45, 7) is 5.69. The molecule has 220 valence electrons. The molecule has 0 radical (unpaired) electrons. The SMILES string of the molecule is CC(C)(C)OC(=O)NCc1ccc(C(=O)N(c2ccccc2)N(c2ccncn2)c2cccc3c2oc2ccccc23)cc1. The molecule has 0 aliphatic heterocycles. The summed E-state index contributed by atoms with van der Waals surface area (Å²) < 4.78 is 11.7. The second-order valence-electron chi connectivity index (χ2n) is 11.1. The van der Waals surface area contributed by atoms with Crippen LogP contribution < -0.4 is 15.3 Å². The average molecular weight is 586 g/mol. The fourth-order valence-corrected chi connectivity index (χ4v) is 4.91. The van der Waals surface area contributed by atoms with Crippen molar-refractivity contribution in [1.29, 1.82) is 0 Å². The standard InChI is InChI=1S/C35H31N5O4/c1-35(2,3)44-34(42)37-22-24-16-18-25(19-17-24)33(41)39(26-10-5-4-6-11-26)40(31-20-21-36-23-38-31)29-14-9-13-28-27-12-7-8-15-30(27)43-32(28)29/h4-21,23H,22H2,1-3H3,(H,37,42). The van der Waals surface area contributed by atoms with Crippen molar-refractivity contribution in [3.63, 3.8) is 0 Å². The van der Waals surface area contributed by atoms with Crippen molar-refractivity contribution >= 4 is 51.1 Å². The van der Waals surface area contributed by atoms with Gasteiger partial charge in [0, 0.05) is 35.1 Å². The lowest BCUT2D eigenvalue weighted by Crippen LogP contribution is -2.45. The van der Waals surface area contributed by atoms with Gasteiger partial charge in [0.05, 0.1) is 5.69 Å². The molecule has 2 heterocycles. The number of fused-ring (bicyclic) bond motifs is 3. The van der Waals surface area contributed by atoms with Crippen LogP contribution in [0.3, 0.4) is 0 Å². The molecule has 0 fully saturated rings. The molecule has 9 heteroatoms. The summed E-state index contributed by atoms with van der Waals surface area (Å²) in [5.41, 5.74) is 3.27. The molecule has 0 aliphatic carbocycles. The van der Waals surface area contributed by atoms with E-state index in [1.54, 1.807) is 34.4 Å². The molecule has 0 saturated heterocycles. The maximum atomic E-state index is 14.5. The van der Waals surface area contributed by atoms with Crippen LogP contribution in [0.5, 0.6) is 0 Å². The van der Waals surface area contributed by atoms with E-state index >= 15 is 0 Å². The van der Waals surface area contributed by atoms with Crippen molar-refractivity contribution in [2.45, 2.75) is 32.9 Å². The number of carbonyl (C=O) groups is 2. The number of amides is 2. The van der Waals surface area contributed by atoms with E-state index in [4.69, 9.17) is 9.15 Å². The number of carbonyl (C=O) groups excluding carboxylic acids is 2. The van der Waals surface area contributed by atoms with Crippen molar-refractivity contribution in [3.05, 3.63) is 127 Å². The lowest BCUT2D eigenvalue weighted by atomic mass is 10.1. The number of aromatic nitrogens is 2. The Hall–Kier alpha value is -5.70. The van der Waals surface area contributed by atoms with Gasteiger partial charge in [-0.15, -0.1) is 0 Å². The number of anilines is 3. The highest BCUT2D eigenvalue weighted by Gasteiger charge is 2.30. The number of hydrazine groups is 1. The predicted molar refractivity (Wildman–Crippen MR) is 171 cm³/mol. The second-order valence-corrected chi connectivity index (χ2v) is 11.1. The third-order valence-electron chi connectivity index (χ3n) is 6.82. The van der Waals surface area contributed by atoms with E-state index in [0.29, 0.717) is 28.3 Å². The highest BCUT2D eigenvalue weighted by Crippen LogP contribution is 2.39. The van der Waals surface area contributed by atoms with Crippen LogP contribution in [0.1, 0.15) is 36.7 Å². The normalized spacial score (nSPS) is 11.3. The molecule has 2 aromatic heterocycles. The largest absolute Gasteiger partial charge is 0.454 e. The summed E-state index contributed by atoms with van der Waals surface area (Å²) in [5, 5.41) is 7.97. The Balaban J connectivity index is 1.42. The maximum absolute atomic E-state index is 14.5. The first-order valence-corrected chi connectivity index (χ1v) is 14.2. The van der Waals surface area contributed by atoms with E-state index in [1.165, 1.54) is 6.33 Å². The van der Waals surface area contributed by atoms with Crippen LogP contribution in [-0.2, 0) is 11.3 Å². The van der Waals surface area contributed by atoms with Gasteiger partial charge < -0.3 is 14.5 Å². The second kappa shape index (κ2) is 11.9. The van der Waals surface area contributed by atoms with Gasteiger partial charge in [-0.05, 0) is 62.7 Å². The first-order valence-electron chi connectivity index (χ1n) is 14.2. The summed E-state index contributed by atoms with van der Waals surface area (Å²) >= 11 is 0. The lowest BCUT2D eigenvalue weighted by molar-refractivity contribution is 0.0523. The van der Waals surface area contributed by atoms with E-state index in [9.17, 15) is 9.59 Å². The molecule has 0 atom stereocenters. The summed E-state index contributed by atoms with van der Waals surface area (Å²) in [7, 11) is 0. The van der Waals surface area contributed by atoms with E-state index in [0.717, 1.165) is 21.9 Å². The Morgan fingerprint density at radius 1 is 0.841 bits per heavy atom. The summed E-state index contributed by atoms with van der Waals surface area (Å²) in [5.74, 6) is 0.179. The van der Waals surface area contributed by atoms with Gasteiger partial charge >= 0.3 is 6.09 Å². The van der Waals surface area contributed by atoms with Gasteiger partial charge in [0.2, 0.25) is 0 Å². The highest BCUT2D eigenvalue weighted by molar-refractivity contribution is 6.13. The van der Waals surface area contributed by atoms with Gasteiger partial charge in [-0.1, -0.05) is 60.7 Å². The van der Waals surface area contributed by atoms with Gasteiger partial charge in [-0.3, -0.25) is 4.79 Å². The lowest BCUT2D eigenvalue weighted by Gasteiger charge is -2.35. The zero-order chi connectivity index (χ0) is 30.7. The predicted octanol–water partition coefficient (Wildman–Crippen LogP) is 7.80. The van der Waals surface area contributed by atoms with Crippen molar-refractivity contribution in [3.8, 4) is 0 Å². The Kier molecular flexibility index (Phi) is 7.68. The number of benzene rings is 4. The van der Waals surface area contributed by atoms with Crippen LogP contribution in [0.4, 0.5) is 22.0 Å². The zero-order valence-corrected chi connectivity index (χ0v) is 24.6. The molecular weight excluding hydrogens is 554 g/mol. The Bertz CT molecular complexity index is 1920. The molecule has 0 aliphatic rings.